The summed E-state index contributed by atoms with van der Waals surface area (Å²) in [7, 11) is 0. The largest absolute Gasteiger partial charge is 0.454 e. The van der Waals surface area contributed by atoms with Gasteiger partial charge in [-0.15, -0.1) is 0 Å². The van der Waals surface area contributed by atoms with Gasteiger partial charge >= 0.3 is 0 Å². The normalized spacial score (nSPS) is 12.6. The van der Waals surface area contributed by atoms with Gasteiger partial charge in [0.05, 0.1) is 0 Å². The molecule has 0 aliphatic carbocycles. The SMILES string of the molecule is N=C(N)c1nc(Sc2cc3c(cc2I)OCO3)n(CCCBr)c1N. The Hall–Kier alpha value is -1.14. The van der Waals surface area contributed by atoms with Gasteiger partial charge in [-0.25, -0.2) is 4.98 Å². The monoisotopic (exact) mass is 523 g/mol. The lowest BCUT2D eigenvalue weighted by Crippen LogP contribution is -2.14. The lowest BCUT2D eigenvalue weighted by atomic mass is 10.3. The lowest BCUT2D eigenvalue weighted by Gasteiger charge is -2.10. The molecule has 7 nitrogen and oxygen atoms in total. The van der Waals surface area contributed by atoms with Crippen LogP contribution in [0.2, 0.25) is 0 Å². The second-order valence-corrected chi connectivity index (χ2v) is 7.94. The summed E-state index contributed by atoms with van der Waals surface area (Å²) in [6.07, 6.45) is 0.893. The smallest absolute Gasteiger partial charge is 0.231 e. The Morgan fingerprint density at radius 1 is 1.42 bits per heavy atom. The predicted molar refractivity (Wildman–Crippen MR) is 105 cm³/mol. The fourth-order valence-corrected chi connectivity index (χ4v) is 4.20. The number of anilines is 1. The van der Waals surface area contributed by atoms with E-state index in [1.807, 2.05) is 16.7 Å². The van der Waals surface area contributed by atoms with E-state index in [2.05, 4.69) is 43.5 Å². The van der Waals surface area contributed by atoms with E-state index in [0.717, 1.165) is 31.7 Å². The third-order valence-corrected chi connectivity index (χ3v) is 6.24. The Bertz CT molecular complexity index is 798. The van der Waals surface area contributed by atoms with Crippen LogP contribution in [0.3, 0.4) is 0 Å². The van der Waals surface area contributed by atoms with Crippen molar-refractivity contribution in [1.29, 1.82) is 5.41 Å². The van der Waals surface area contributed by atoms with Crippen molar-refractivity contribution in [3.8, 4) is 11.5 Å². The van der Waals surface area contributed by atoms with E-state index >= 15 is 0 Å². The first-order chi connectivity index (χ1) is 11.5. The summed E-state index contributed by atoms with van der Waals surface area (Å²) in [5, 5.41) is 9.21. The minimum absolute atomic E-state index is 0.132. The van der Waals surface area contributed by atoms with Crippen LogP contribution in [-0.4, -0.2) is 27.5 Å². The molecule has 0 radical (unpaired) electrons. The summed E-state index contributed by atoms with van der Waals surface area (Å²) in [6, 6.07) is 3.87. The van der Waals surface area contributed by atoms with Crippen molar-refractivity contribution in [3.63, 3.8) is 0 Å². The van der Waals surface area contributed by atoms with Crippen molar-refractivity contribution < 1.29 is 9.47 Å². The number of imidazole rings is 1. The Balaban J connectivity index is 1.97. The van der Waals surface area contributed by atoms with E-state index < -0.39 is 0 Å². The maximum atomic E-state index is 7.65. The number of rotatable bonds is 6. The average Bonchev–Trinajstić information content (AvgIpc) is 3.10. The molecule has 0 unspecified atom stereocenters. The van der Waals surface area contributed by atoms with E-state index in [1.54, 1.807) is 0 Å². The zero-order chi connectivity index (χ0) is 17.3. The predicted octanol–water partition coefficient (Wildman–Crippen LogP) is 3.02. The maximum Gasteiger partial charge on any atom is 0.231 e. The Labute approximate surface area is 165 Å². The highest BCUT2D eigenvalue weighted by atomic mass is 127. The van der Waals surface area contributed by atoms with Crippen LogP contribution >= 0.6 is 50.3 Å². The Kier molecular flexibility index (Phi) is 5.45. The fourth-order valence-electron chi connectivity index (χ4n) is 2.23. The molecule has 2 heterocycles. The van der Waals surface area contributed by atoms with Crippen molar-refractivity contribution in [1.82, 2.24) is 9.55 Å². The molecule has 0 fully saturated rings. The van der Waals surface area contributed by atoms with Gasteiger partial charge in [0.1, 0.15) is 17.3 Å². The molecule has 2 aromatic rings. The number of nitrogens with one attached hydrogen (secondary N) is 1. The molecule has 1 aromatic carbocycles. The first-order valence-electron chi connectivity index (χ1n) is 7.04. The van der Waals surface area contributed by atoms with Crippen molar-refractivity contribution >= 4 is 61.9 Å². The molecule has 1 aromatic heterocycles. The molecule has 10 heteroatoms. The number of amidine groups is 1. The molecule has 1 aliphatic heterocycles. The van der Waals surface area contributed by atoms with E-state index in [-0.39, 0.29) is 12.6 Å². The van der Waals surface area contributed by atoms with Crippen molar-refractivity contribution in [2.45, 2.75) is 23.0 Å². The molecular formula is C14H15BrIN5O2S. The second kappa shape index (κ2) is 7.40. The van der Waals surface area contributed by atoms with Gasteiger partial charge in [0, 0.05) is 20.3 Å². The van der Waals surface area contributed by atoms with Gasteiger partial charge in [0.15, 0.2) is 16.7 Å². The van der Waals surface area contributed by atoms with Gasteiger partial charge in [-0.05, 0) is 41.1 Å². The van der Waals surface area contributed by atoms with E-state index in [0.29, 0.717) is 23.2 Å². The number of nitrogens with two attached hydrogens (primary N) is 2. The molecule has 24 heavy (non-hydrogen) atoms. The van der Waals surface area contributed by atoms with Crippen LogP contribution in [0.15, 0.2) is 22.2 Å². The van der Waals surface area contributed by atoms with Crippen molar-refractivity contribution in [2.24, 2.45) is 5.73 Å². The molecule has 3 rings (SSSR count). The van der Waals surface area contributed by atoms with Crippen LogP contribution in [0.4, 0.5) is 5.82 Å². The summed E-state index contributed by atoms with van der Waals surface area (Å²) >= 11 is 7.15. The quantitative estimate of drug-likeness (QED) is 0.232. The molecular weight excluding hydrogens is 509 g/mol. The number of fused-ring (bicyclic) bond motifs is 1. The van der Waals surface area contributed by atoms with Gasteiger partial charge in [0.25, 0.3) is 0 Å². The minimum Gasteiger partial charge on any atom is -0.454 e. The van der Waals surface area contributed by atoms with Gasteiger partial charge in [0.2, 0.25) is 6.79 Å². The van der Waals surface area contributed by atoms with E-state index in [9.17, 15) is 0 Å². The van der Waals surface area contributed by atoms with E-state index in [1.165, 1.54) is 11.8 Å². The number of halogens is 2. The summed E-state index contributed by atoms with van der Waals surface area (Å²) in [5.74, 6) is 1.75. The molecule has 0 spiro atoms. The van der Waals surface area contributed by atoms with Crippen LogP contribution in [0, 0.1) is 8.98 Å². The van der Waals surface area contributed by atoms with Crippen LogP contribution in [0.25, 0.3) is 0 Å². The second-order valence-electron chi connectivity index (χ2n) is 4.97. The molecule has 0 bridgehead atoms. The summed E-state index contributed by atoms with van der Waals surface area (Å²) in [4.78, 5) is 5.44. The topological polar surface area (TPSA) is 112 Å². The number of hydrogen-bond acceptors (Lipinski definition) is 6. The zero-order valence-corrected chi connectivity index (χ0v) is 17.1. The fraction of sp³-hybridized carbons (Fsp3) is 0.286. The van der Waals surface area contributed by atoms with Crippen molar-refractivity contribution in [3.05, 3.63) is 21.4 Å². The van der Waals surface area contributed by atoms with Crippen LogP contribution in [0.5, 0.6) is 11.5 Å². The zero-order valence-electron chi connectivity index (χ0n) is 12.5. The Morgan fingerprint density at radius 3 is 2.79 bits per heavy atom. The van der Waals surface area contributed by atoms with E-state index in [4.69, 9.17) is 26.4 Å². The molecule has 0 atom stereocenters. The highest BCUT2D eigenvalue weighted by molar-refractivity contribution is 14.1. The average molecular weight is 524 g/mol. The molecule has 1 aliphatic rings. The molecule has 5 N–H and O–H groups in total. The highest BCUT2D eigenvalue weighted by Crippen LogP contribution is 2.41. The van der Waals surface area contributed by atoms with Crippen LogP contribution in [0.1, 0.15) is 12.1 Å². The third-order valence-electron chi connectivity index (χ3n) is 3.37. The minimum atomic E-state index is -0.132. The van der Waals surface area contributed by atoms with Gasteiger partial charge in [-0.1, -0.05) is 27.7 Å². The first kappa shape index (κ1) is 17.7. The first-order valence-corrected chi connectivity index (χ1v) is 10.1. The molecule has 128 valence electrons. The van der Waals surface area contributed by atoms with Gasteiger partial charge in [-0.3, -0.25) is 5.41 Å². The van der Waals surface area contributed by atoms with Crippen LogP contribution in [-0.2, 0) is 6.54 Å². The molecule has 0 saturated heterocycles. The summed E-state index contributed by atoms with van der Waals surface area (Å²) in [6.45, 7) is 0.932. The van der Waals surface area contributed by atoms with Gasteiger partial charge in [-0.2, -0.15) is 0 Å². The maximum absolute atomic E-state index is 7.65. The number of hydrogen-bond donors (Lipinski definition) is 3. The standard InChI is InChI=1S/C14H15BrIN5O2S/c15-2-1-3-21-13(19)11(12(17)18)20-14(21)24-10-5-9-8(4-7(10)16)22-6-23-9/h4-5H,1-3,6,19H2,(H3,17,18). The third kappa shape index (κ3) is 3.45. The van der Waals surface area contributed by atoms with Gasteiger partial charge < -0.3 is 25.5 Å². The highest BCUT2D eigenvalue weighted by Gasteiger charge is 2.21. The summed E-state index contributed by atoms with van der Waals surface area (Å²) < 4.78 is 13.8. The number of nitrogen functional groups attached to an aromatic ring is 2. The Morgan fingerprint density at radius 2 is 2.12 bits per heavy atom. The molecule has 0 saturated carbocycles. The number of nitrogens with zero attached hydrogens (tertiary/aromatic N) is 2. The number of ether oxygens (including phenoxy) is 2. The summed E-state index contributed by atoms with van der Waals surface area (Å²) in [5.41, 5.74) is 12.0. The van der Waals surface area contributed by atoms with Crippen molar-refractivity contribution in [2.75, 3.05) is 17.9 Å². The number of benzene rings is 1. The number of alkyl halides is 1. The van der Waals surface area contributed by atoms with Crippen LogP contribution < -0.4 is 20.9 Å². The number of aromatic nitrogens is 2. The lowest BCUT2D eigenvalue weighted by molar-refractivity contribution is 0.174. The molecule has 0 amide bonds.